The summed E-state index contributed by atoms with van der Waals surface area (Å²) in [6.07, 6.45) is 2.94. The molecule has 0 amide bonds. The fraction of sp³-hybridized carbons (Fsp3) is 0.500. The summed E-state index contributed by atoms with van der Waals surface area (Å²) in [4.78, 5) is 0. The molecule has 1 aliphatic rings. The molecular formula is C12H15FO. The Hall–Kier alpha value is -0.890. The van der Waals surface area contributed by atoms with Crippen molar-refractivity contribution < 1.29 is 9.50 Å². The van der Waals surface area contributed by atoms with Crippen LogP contribution in [0.25, 0.3) is 0 Å². The van der Waals surface area contributed by atoms with Crippen LogP contribution >= 0.6 is 0 Å². The van der Waals surface area contributed by atoms with Gasteiger partial charge in [0.05, 0.1) is 0 Å². The van der Waals surface area contributed by atoms with Gasteiger partial charge in [-0.2, -0.15) is 0 Å². The summed E-state index contributed by atoms with van der Waals surface area (Å²) in [5.74, 6) is -0.142. The topological polar surface area (TPSA) is 20.2 Å². The molecule has 2 rings (SSSR count). The second-order valence-corrected chi connectivity index (χ2v) is 4.42. The Labute approximate surface area is 83.6 Å². The molecule has 1 aliphatic carbocycles. The van der Waals surface area contributed by atoms with Crippen LogP contribution in [0.15, 0.2) is 18.2 Å². The van der Waals surface area contributed by atoms with Crippen molar-refractivity contribution in [1.82, 2.24) is 0 Å². The van der Waals surface area contributed by atoms with E-state index in [1.165, 1.54) is 0 Å². The molecule has 0 aliphatic heterocycles. The molecule has 1 nitrogen and oxygen atoms in total. The number of aliphatic hydroxyl groups is 1. The van der Waals surface area contributed by atoms with E-state index in [0.29, 0.717) is 5.56 Å². The normalized spacial score (nSPS) is 18.2. The molecule has 0 bridgehead atoms. The number of halogens is 1. The summed E-state index contributed by atoms with van der Waals surface area (Å²) >= 11 is 0. The van der Waals surface area contributed by atoms with Crippen LogP contribution in [0, 0.1) is 18.2 Å². The van der Waals surface area contributed by atoms with Gasteiger partial charge in [0.15, 0.2) is 0 Å². The van der Waals surface area contributed by atoms with Crippen molar-refractivity contribution in [3.8, 4) is 0 Å². The van der Waals surface area contributed by atoms with E-state index in [9.17, 15) is 4.39 Å². The lowest BCUT2D eigenvalue weighted by molar-refractivity contribution is 0.211. The summed E-state index contributed by atoms with van der Waals surface area (Å²) in [7, 11) is 0. The van der Waals surface area contributed by atoms with E-state index in [0.717, 1.165) is 24.8 Å². The maximum absolute atomic E-state index is 13.2. The first-order chi connectivity index (χ1) is 6.65. The van der Waals surface area contributed by atoms with Crippen molar-refractivity contribution in [3.05, 3.63) is 35.1 Å². The second kappa shape index (κ2) is 3.35. The van der Waals surface area contributed by atoms with Crippen molar-refractivity contribution in [3.63, 3.8) is 0 Å². The maximum atomic E-state index is 13.2. The van der Waals surface area contributed by atoms with E-state index in [4.69, 9.17) is 5.11 Å². The summed E-state index contributed by atoms with van der Waals surface area (Å²) in [6, 6.07) is 5.34. The first-order valence-corrected chi connectivity index (χ1v) is 5.01. The molecule has 0 atom stereocenters. The van der Waals surface area contributed by atoms with Gasteiger partial charge < -0.3 is 5.11 Å². The Kier molecular flexibility index (Phi) is 2.31. The van der Waals surface area contributed by atoms with Gasteiger partial charge in [0.1, 0.15) is 5.82 Å². The Morgan fingerprint density at radius 1 is 1.43 bits per heavy atom. The van der Waals surface area contributed by atoms with E-state index in [-0.39, 0.29) is 17.8 Å². The highest BCUT2D eigenvalue weighted by molar-refractivity contribution is 5.25. The summed E-state index contributed by atoms with van der Waals surface area (Å²) in [6.45, 7) is 1.99. The van der Waals surface area contributed by atoms with Gasteiger partial charge in [0.25, 0.3) is 0 Å². The van der Waals surface area contributed by atoms with Gasteiger partial charge in [0.2, 0.25) is 0 Å². The van der Waals surface area contributed by atoms with E-state index < -0.39 is 0 Å². The fourth-order valence-corrected chi connectivity index (χ4v) is 1.75. The van der Waals surface area contributed by atoms with Crippen molar-refractivity contribution in [2.24, 2.45) is 5.41 Å². The highest BCUT2D eigenvalue weighted by atomic mass is 19.1. The standard InChI is InChI=1S/C12H15FO/c1-9-2-3-10(6-11(9)13)7-12(8-14)4-5-12/h2-3,6,14H,4-5,7-8H2,1H3. The highest BCUT2D eigenvalue weighted by Gasteiger charge is 2.41. The monoisotopic (exact) mass is 194 g/mol. The predicted octanol–water partition coefficient (Wildman–Crippen LogP) is 2.45. The van der Waals surface area contributed by atoms with Crippen molar-refractivity contribution in [2.45, 2.75) is 26.2 Å². The van der Waals surface area contributed by atoms with Crippen molar-refractivity contribution >= 4 is 0 Å². The zero-order valence-corrected chi connectivity index (χ0v) is 8.39. The number of benzene rings is 1. The Morgan fingerprint density at radius 2 is 2.14 bits per heavy atom. The highest BCUT2D eigenvalue weighted by Crippen LogP contribution is 2.47. The molecule has 0 heterocycles. The van der Waals surface area contributed by atoms with Crippen molar-refractivity contribution in [1.29, 1.82) is 0 Å². The molecule has 1 saturated carbocycles. The lowest BCUT2D eigenvalue weighted by Gasteiger charge is -2.11. The zero-order valence-electron chi connectivity index (χ0n) is 8.39. The molecule has 14 heavy (non-hydrogen) atoms. The third kappa shape index (κ3) is 1.80. The molecular weight excluding hydrogens is 179 g/mol. The molecule has 0 unspecified atom stereocenters. The predicted molar refractivity (Wildman–Crippen MR) is 53.6 cm³/mol. The van der Waals surface area contributed by atoms with Crippen molar-refractivity contribution in [2.75, 3.05) is 6.61 Å². The minimum absolute atomic E-state index is 0.0711. The largest absolute Gasteiger partial charge is 0.396 e. The molecule has 0 radical (unpaired) electrons. The summed E-state index contributed by atoms with van der Waals surface area (Å²) in [5, 5.41) is 9.15. The van der Waals surface area contributed by atoms with Crippen LogP contribution < -0.4 is 0 Å². The molecule has 0 spiro atoms. The van der Waals surface area contributed by atoms with Gasteiger partial charge in [-0.15, -0.1) is 0 Å². The molecule has 0 saturated heterocycles. The lowest BCUT2D eigenvalue weighted by atomic mass is 9.97. The average molecular weight is 194 g/mol. The number of aliphatic hydroxyl groups excluding tert-OH is 1. The van der Waals surface area contributed by atoms with Crippen LogP contribution in [-0.4, -0.2) is 11.7 Å². The Morgan fingerprint density at radius 3 is 2.64 bits per heavy atom. The number of rotatable bonds is 3. The number of hydrogen-bond acceptors (Lipinski definition) is 1. The van der Waals surface area contributed by atoms with Gasteiger partial charge >= 0.3 is 0 Å². The quantitative estimate of drug-likeness (QED) is 0.783. The molecule has 2 heteroatoms. The molecule has 1 aromatic rings. The minimum Gasteiger partial charge on any atom is -0.396 e. The second-order valence-electron chi connectivity index (χ2n) is 4.42. The number of aryl methyl sites for hydroxylation is 1. The number of hydrogen-bond donors (Lipinski definition) is 1. The van der Waals surface area contributed by atoms with E-state index >= 15 is 0 Å². The van der Waals surface area contributed by atoms with E-state index in [1.807, 2.05) is 6.07 Å². The minimum atomic E-state index is -0.142. The van der Waals surface area contributed by atoms with Gasteiger partial charge in [-0.05, 0) is 48.8 Å². The van der Waals surface area contributed by atoms with Gasteiger partial charge in [0, 0.05) is 6.61 Å². The lowest BCUT2D eigenvalue weighted by Crippen LogP contribution is -2.10. The van der Waals surface area contributed by atoms with Gasteiger partial charge in [-0.25, -0.2) is 4.39 Å². The Bertz CT molecular complexity index is 342. The third-order valence-corrected chi connectivity index (χ3v) is 3.11. The third-order valence-electron chi connectivity index (χ3n) is 3.11. The first-order valence-electron chi connectivity index (χ1n) is 5.01. The molecule has 1 fully saturated rings. The maximum Gasteiger partial charge on any atom is 0.126 e. The Balaban J connectivity index is 2.14. The summed E-state index contributed by atoms with van der Waals surface area (Å²) in [5.41, 5.74) is 1.75. The molecule has 1 N–H and O–H groups in total. The van der Waals surface area contributed by atoms with Crippen LogP contribution in [0.3, 0.4) is 0 Å². The first kappa shape index (κ1) is 9.66. The van der Waals surface area contributed by atoms with Gasteiger partial charge in [-0.1, -0.05) is 12.1 Å². The van der Waals surface area contributed by atoms with Crippen LogP contribution in [0.5, 0.6) is 0 Å². The molecule has 0 aromatic heterocycles. The van der Waals surface area contributed by atoms with Crippen LogP contribution in [0.4, 0.5) is 4.39 Å². The average Bonchev–Trinajstić information content (AvgIpc) is 2.93. The fourth-order valence-electron chi connectivity index (χ4n) is 1.75. The van der Waals surface area contributed by atoms with E-state index in [1.54, 1.807) is 19.1 Å². The molecule has 1 aromatic carbocycles. The van der Waals surface area contributed by atoms with Gasteiger partial charge in [-0.3, -0.25) is 0 Å². The van der Waals surface area contributed by atoms with Crippen LogP contribution in [0.2, 0.25) is 0 Å². The van der Waals surface area contributed by atoms with E-state index in [2.05, 4.69) is 0 Å². The zero-order chi connectivity index (χ0) is 10.2. The smallest absolute Gasteiger partial charge is 0.126 e. The SMILES string of the molecule is Cc1ccc(CC2(CO)CC2)cc1F. The van der Waals surface area contributed by atoms with Crippen LogP contribution in [-0.2, 0) is 6.42 Å². The van der Waals surface area contributed by atoms with Crippen LogP contribution in [0.1, 0.15) is 24.0 Å². The summed E-state index contributed by atoms with van der Waals surface area (Å²) < 4.78 is 13.2. The molecule has 76 valence electrons.